The second kappa shape index (κ2) is 7.23. The van der Waals surface area contributed by atoms with E-state index in [0.717, 1.165) is 24.4 Å². The summed E-state index contributed by atoms with van der Waals surface area (Å²) in [4.78, 5) is 4.60. The van der Waals surface area contributed by atoms with E-state index in [1.807, 2.05) is 18.3 Å². The van der Waals surface area contributed by atoms with E-state index in [2.05, 4.69) is 49.3 Å². The van der Waals surface area contributed by atoms with Crippen LogP contribution in [-0.4, -0.2) is 18.6 Å². The molecular weight excluding hydrogens is 260 g/mol. The van der Waals surface area contributed by atoms with Gasteiger partial charge in [0, 0.05) is 6.20 Å². The number of aromatic nitrogens is 1. The number of hydrogen-bond acceptors (Lipinski definition) is 3. The van der Waals surface area contributed by atoms with Crippen LogP contribution in [0, 0.1) is 13.8 Å². The van der Waals surface area contributed by atoms with Gasteiger partial charge in [0.1, 0.15) is 5.75 Å². The van der Waals surface area contributed by atoms with Crippen LogP contribution in [0.1, 0.15) is 41.8 Å². The molecule has 1 N–H and O–H groups in total. The van der Waals surface area contributed by atoms with Crippen LogP contribution in [0.3, 0.4) is 0 Å². The highest BCUT2D eigenvalue weighted by molar-refractivity contribution is 5.41. The molecule has 1 atom stereocenters. The molecule has 1 unspecified atom stereocenters. The summed E-state index contributed by atoms with van der Waals surface area (Å²) in [5.41, 5.74) is 4.78. The van der Waals surface area contributed by atoms with Crippen molar-refractivity contribution in [3.63, 3.8) is 0 Å². The first kappa shape index (κ1) is 15.5. The van der Waals surface area contributed by atoms with E-state index in [-0.39, 0.29) is 6.04 Å². The summed E-state index contributed by atoms with van der Waals surface area (Å²) < 4.78 is 5.30. The predicted molar refractivity (Wildman–Crippen MR) is 86.8 cm³/mol. The van der Waals surface area contributed by atoms with Crippen molar-refractivity contribution in [3.8, 4) is 5.75 Å². The highest BCUT2D eigenvalue weighted by Crippen LogP contribution is 2.28. The smallest absolute Gasteiger partial charge is 0.119 e. The Bertz CT molecular complexity index is 596. The van der Waals surface area contributed by atoms with Gasteiger partial charge in [-0.15, -0.1) is 0 Å². The molecule has 0 aliphatic heterocycles. The lowest BCUT2D eigenvalue weighted by Crippen LogP contribution is -2.25. The van der Waals surface area contributed by atoms with Gasteiger partial charge in [0.25, 0.3) is 0 Å². The van der Waals surface area contributed by atoms with Crippen molar-refractivity contribution in [1.82, 2.24) is 10.3 Å². The summed E-state index contributed by atoms with van der Waals surface area (Å²) in [5, 5.41) is 3.62. The first-order valence-corrected chi connectivity index (χ1v) is 7.46. The molecule has 0 saturated heterocycles. The third-order valence-electron chi connectivity index (χ3n) is 3.71. The van der Waals surface area contributed by atoms with E-state index >= 15 is 0 Å². The average molecular weight is 284 g/mol. The molecule has 2 rings (SSSR count). The minimum atomic E-state index is 0.122. The number of nitrogens with zero attached hydrogens (tertiary/aromatic N) is 1. The Hall–Kier alpha value is -1.87. The van der Waals surface area contributed by atoms with Gasteiger partial charge in [0.15, 0.2) is 0 Å². The lowest BCUT2D eigenvalue weighted by Gasteiger charge is -2.22. The van der Waals surface area contributed by atoms with Gasteiger partial charge >= 0.3 is 0 Å². The zero-order chi connectivity index (χ0) is 15.2. The summed E-state index contributed by atoms with van der Waals surface area (Å²) in [5.74, 6) is 0.892. The SMILES string of the molecule is CCCNC(c1ccc(OC)cc1C)c1ncccc1C. The molecule has 0 saturated carbocycles. The van der Waals surface area contributed by atoms with Crippen molar-refractivity contribution in [2.24, 2.45) is 0 Å². The number of ether oxygens (including phenoxy) is 1. The zero-order valence-electron chi connectivity index (χ0n) is 13.3. The van der Waals surface area contributed by atoms with Gasteiger partial charge in [0.2, 0.25) is 0 Å². The molecule has 1 heterocycles. The first-order chi connectivity index (χ1) is 10.2. The van der Waals surface area contributed by atoms with Crippen molar-refractivity contribution in [1.29, 1.82) is 0 Å². The minimum absolute atomic E-state index is 0.122. The maximum atomic E-state index is 5.30. The highest BCUT2D eigenvalue weighted by atomic mass is 16.5. The lowest BCUT2D eigenvalue weighted by atomic mass is 9.95. The van der Waals surface area contributed by atoms with E-state index < -0.39 is 0 Å². The summed E-state index contributed by atoms with van der Waals surface area (Å²) in [7, 11) is 1.70. The largest absolute Gasteiger partial charge is 0.497 e. The molecule has 1 aromatic carbocycles. The molecule has 0 bridgehead atoms. The number of nitrogens with one attached hydrogen (secondary N) is 1. The van der Waals surface area contributed by atoms with Crippen LogP contribution in [0.25, 0.3) is 0 Å². The monoisotopic (exact) mass is 284 g/mol. The van der Waals surface area contributed by atoms with Crippen LogP contribution in [0.2, 0.25) is 0 Å². The standard InChI is InChI=1S/C18H24N2O/c1-5-10-19-18(17-13(2)7-6-11-20-17)16-9-8-15(21-4)12-14(16)3/h6-9,11-12,18-19H,5,10H2,1-4H3. The number of pyridine rings is 1. The average Bonchev–Trinajstić information content (AvgIpc) is 2.50. The number of methoxy groups -OCH3 is 1. The third-order valence-corrected chi connectivity index (χ3v) is 3.71. The maximum absolute atomic E-state index is 5.30. The molecular formula is C18H24N2O. The topological polar surface area (TPSA) is 34.1 Å². The molecule has 0 aliphatic carbocycles. The van der Waals surface area contributed by atoms with Gasteiger partial charge in [0.05, 0.1) is 18.8 Å². The van der Waals surface area contributed by atoms with Gasteiger partial charge in [-0.1, -0.05) is 19.1 Å². The Morgan fingerprint density at radius 3 is 2.62 bits per heavy atom. The molecule has 1 aromatic heterocycles. The first-order valence-electron chi connectivity index (χ1n) is 7.46. The van der Waals surface area contributed by atoms with E-state index in [1.54, 1.807) is 7.11 Å². The normalized spacial score (nSPS) is 12.2. The van der Waals surface area contributed by atoms with Crippen molar-refractivity contribution in [2.75, 3.05) is 13.7 Å². The van der Waals surface area contributed by atoms with E-state index in [1.165, 1.54) is 16.7 Å². The van der Waals surface area contributed by atoms with Gasteiger partial charge in [-0.25, -0.2) is 0 Å². The summed E-state index contributed by atoms with van der Waals surface area (Å²) in [6.07, 6.45) is 2.96. The van der Waals surface area contributed by atoms with Crippen molar-refractivity contribution < 1.29 is 4.74 Å². The van der Waals surface area contributed by atoms with E-state index in [0.29, 0.717) is 0 Å². The molecule has 0 aliphatic rings. The molecule has 0 fully saturated rings. The Kier molecular flexibility index (Phi) is 5.34. The van der Waals surface area contributed by atoms with Crippen LogP contribution in [0.5, 0.6) is 5.75 Å². The quantitative estimate of drug-likeness (QED) is 0.876. The predicted octanol–water partition coefficient (Wildman–Crippen LogP) is 3.80. The fourth-order valence-corrected chi connectivity index (χ4v) is 2.54. The molecule has 21 heavy (non-hydrogen) atoms. The summed E-state index contributed by atoms with van der Waals surface area (Å²) in [6, 6.07) is 10.4. The van der Waals surface area contributed by atoms with Crippen molar-refractivity contribution in [3.05, 3.63) is 58.9 Å². The van der Waals surface area contributed by atoms with E-state index in [4.69, 9.17) is 4.74 Å². The third kappa shape index (κ3) is 3.61. The fraction of sp³-hybridized carbons (Fsp3) is 0.389. The molecule has 0 amide bonds. The van der Waals surface area contributed by atoms with Crippen LogP contribution in [0.15, 0.2) is 36.5 Å². The Balaban J connectivity index is 2.43. The number of hydrogen-bond donors (Lipinski definition) is 1. The molecule has 0 radical (unpaired) electrons. The van der Waals surface area contributed by atoms with Gasteiger partial charge in [-0.2, -0.15) is 0 Å². The fourth-order valence-electron chi connectivity index (χ4n) is 2.54. The second-order valence-electron chi connectivity index (χ2n) is 5.32. The van der Waals surface area contributed by atoms with Crippen LogP contribution in [-0.2, 0) is 0 Å². The Labute approximate surface area is 127 Å². The number of rotatable bonds is 6. The minimum Gasteiger partial charge on any atom is -0.497 e. The van der Waals surface area contributed by atoms with Gasteiger partial charge in [-0.05, 0) is 61.7 Å². The van der Waals surface area contributed by atoms with Crippen LogP contribution >= 0.6 is 0 Å². The lowest BCUT2D eigenvalue weighted by molar-refractivity contribution is 0.414. The molecule has 0 spiro atoms. The summed E-state index contributed by atoms with van der Waals surface area (Å²) in [6.45, 7) is 7.38. The van der Waals surface area contributed by atoms with Gasteiger partial charge in [-0.3, -0.25) is 4.98 Å². The summed E-state index contributed by atoms with van der Waals surface area (Å²) >= 11 is 0. The molecule has 3 nitrogen and oxygen atoms in total. The van der Waals surface area contributed by atoms with E-state index in [9.17, 15) is 0 Å². The molecule has 112 valence electrons. The van der Waals surface area contributed by atoms with Crippen LogP contribution in [0.4, 0.5) is 0 Å². The van der Waals surface area contributed by atoms with Crippen LogP contribution < -0.4 is 10.1 Å². The van der Waals surface area contributed by atoms with Gasteiger partial charge < -0.3 is 10.1 Å². The Morgan fingerprint density at radius 2 is 2.00 bits per heavy atom. The number of aryl methyl sites for hydroxylation is 2. The Morgan fingerprint density at radius 1 is 1.19 bits per heavy atom. The highest BCUT2D eigenvalue weighted by Gasteiger charge is 2.18. The second-order valence-corrected chi connectivity index (χ2v) is 5.32. The zero-order valence-corrected chi connectivity index (χ0v) is 13.3. The molecule has 3 heteroatoms. The van der Waals surface area contributed by atoms with Crippen molar-refractivity contribution >= 4 is 0 Å². The van der Waals surface area contributed by atoms with Crippen molar-refractivity contribution in [2.45, 2.75) is 33.2 Å². The molecule has 2 aromatic rings. The maximum Gasteiger partial charge on any atom is 0.119 e. The number of benzene rings is 1.